The number of piperidine rings is 1. The molecular formula is C19H27N9. The fraction of sp³-hybridized carbons (Fsp3) is 0.579. The van der Waals surface area contributed by atoms with Crippen LogP contribution in [0.15, 0.2) is 24.9 Å². The Balaban J connectivity index is 1.39. The van der Waals surface area contributed by atoms with E-state index in [1.54, 1.807) is 17.3 Å². The van der Waals surface area contributed by atoms with E-state index in [0.717, 1.165) is 68.6 Å². The van der Waals surface area contributed by atoms with Gasteiger partial charge in [-0.3, -0.25) is 4.90 Å². The standard InChI is InChI=1S/C19H27N9/c1-3-17-21-8-5-16(23-17)11-26-9-6-15(7-10-26)19-25-24-18(28(19)4-2)12-27-14-20-13-22-27/h5,8,13-15H,3-4,6-7,9-12H2,1-2H3. The van der Waals surface area contributed by atoms with E-state index in [0.29, 0.717) is 12.5 Å². The van der Waals surface area contributed by atoms with Gasteiger partial charge in [0.1, 0.15) is 30.8 Å². The van der Waals surface area contributed by atoms with Gasteiger partial charge in [0.25, 0.3) is 0 Å². The van der Waals surface area contributed by atoms with Crippen molar-refractivity contribution in [1.29, 1.82) is 0 Å². The lowest BCUT2D eigenvalue weighted by atomic mass is 9.95. The lowest BCUT2D eigenvalue weighted by molar-refractivity contribution is 0.197. The van der Waals surface area contributed by atoms with Crippen molar-refractivity contribution in [1.82, 2.24) is 44.4 Å². The molecular weight excluding hydrogens is 354 g/mol. The smallest absolute Gasteiger partial charge is 0.154 e. The lowest BCUT2D eigenvalue weighted by Gasteiger charge is -2.31. The summed E-state index contributed by atoms with van der Waals surface area (Å²) in [5, 5.41) is 13.2. The van der Waals surface area contributed by atoms with E-state index in [4.69, 9.17) is 0 Å². The fourth-order valence-corrected chi connectivity index (χ4v) is 3.85. The molecule has 0 saturated carbocycles. The number of nitrogens with zero attached hydrogens (tertiary/aromatic N) is 9. The Morgan fingerprint density at radius 3 is 2.68 bits per heavy atom. The molecule has 0 unspecified atom stereocenters. The van der Waals surface area contributed by atoms with Crippen LogP contribution in [0.4, 0.5) is 0 Å². The Morgan fingerprint density at radius 2 is 1.96 bits per heavy atom. The maximum absolute atomic E-state index is 4.64. The molecule has 4 rings (SSSR count). The fourth-order valence-electron chi connectivity index (χ4n) is 3.85. The van der Waals surface area contributed by atoms with Gasteiger partial charge >= 0.3 is 0 Å². The third-order valence-electron chi connectivity index (χ3n) is 5.36. The van der Waals surface area contributed by atoms with Gasteiger partial charge in [0, 0.05) is 31.6 Å². The first-order chi connectivity index (χ1) is 13.8. The predicted molar refractivity (Wildman–Crippen MR) is 103 cm³/mol. The third kappa shape index (κ3) is 4.09. The van der Waals surface area contributed by atoms with Crippen molar-refractivity contribution in [3.05, 3.63) is 48.1 Å². The predicted octanol–water partition coefficient (Wildman–Crippen LogP) is 1.67. The van der Waals surface area contributed by atoms with Crippen LogP contribution < -0.4 is 0 Å². The van der Waals surface area contributed by atoms with Crippen molar-refractivity contribution in [2.24, 2.45) is 0 Å². The molecule has 148 valence electrons. The number of hydrogen-bond donors (Lipinski definition) is 0. The highest BCUT2D eigenvalue weighted by molar-refractivity contribution is 5.06. The molecule has 0 bridgehead atoms. The average molecular weight is 381 g/mol. The monoisotopic (exact) mass is 381 g/mol. The normalized spacial score (nSPS) is 15.9. The molecule has 1 fully saturated rings. The Bertz CT molecular complexity index is 879. The molecule has 9 nitrogen and oxygen atoms in total. The topological polar surface area (TPSA) is 90.4 Å². The second kappa shape index (κ2) is 8.55. The van der Waals surface area contributed by atoms with Crippen molar-refractivity contribution in [3.63, 3.8) is 0 Å². The molecule has 0 aliphatic carbocycles. The molecule has 0 N–H and O–H groups in total. The van der Waals surface area contributed by atoms with Gasteiger partial charge in [-0.1, -0.05) is 6.92 Å². The zero-order chi connectivity index (χ0) is 19.3. The summed E-state index contributed by atoms with van der Waals surface area (Å²) in [6.45, 7) is 8.69. The minimum atomic E-state index is 0.449. The summed E-state index contributed by atoms with van der Waals surface area (Å²) in [7, 11) is 0. The number of hydrogen-bond acceptors (Lipinski definition) is 7. The maximum Gasteiger partial charge on any atom is 0.154 e. The van der Waals surface area contributed by atoms with Crippen LogP contribution in [0.25, 0.3) is 0 Å². The maximum atomic E-state index is 4.64. The SMILES string of the molecule is CCc1nccc(CN2CCC(c3nnc(Cn4cncn4)n3CC)CC2)n1. The third-order valence-corrected chi connectivity index (χ3v) is 5.36. The first kappa shape index (κ1) is 18.7. The van der Waals surface area contributed by atoms with Crippen LogP contribution in [-0.2, 0) is 26.1 Å². The number of likely N-dealkylation sites (tertiary alicyclic amines) is 1. The molecule has 3 aromatic rings. The van der Waals surface area contributed by atoms with Crippen molar-refractivity contribution >= 4 is 0 Å². The summed E-state index contributed by atoms with van der Waals surface area (Å²) in [6, 6.07) is 2.02. The van der Waals surface area contributed by atoms with E-state index in [-0.39, 0.29) is 0 Å². The first-order valence-electron chi connectivity index (χ1n) is 10.0. The molecule has 28 heavy (non-hydrogen) atoms. The summed E-state index contributed by atoms with van der Waals surface area (Å²) in [6.07, 6.45) is 8.18. The molecule has 0 atom stereocenters. The molecule has 1 saturated heterocycles. The molecule has 0 radical (unpaired) electrons. The Hall–Kier alpha value is -2.68. The van der Waals surface area contributed by atoms with E-state index in [2.05, 4.69) is 53.6 Å². The van der Waals surface area contributed by atoms with Gasteiger partial charge in [0.05, 0.1) is 5.69 Å². The summed E-state index contributed by atoms with van der Waals surface area (Å²) in [5.41, 5.74) is 1.11. The largest absolute Gasteiger partial charge is 0.313 e. The molecule has 9 heteroatoms. The number of rotatable bonds is 7. The van der Waals surface area contributed by atoms with E-state index >= 15 is 0 Å². The van der Waals surface area contributed by atoms with Gasteiger partial charge in [-0.25, -0.2) is 19.6 Å². The van der Waals surface area contributed by atoms with Crippen molar-refractivity contribution < 1.29 is 0 Å². The van der Waals surface area contributed by atoms with Crippen LogP contribution in [-0.4, -0.2) is 57.5 Å². The molecule has 1 aliphatic rings. The summed E-state index contributed by atoms with van der Waals surface area (Å²) < 4.78 is 4.02. The van der Waals surface area contributed by atoms with Gasteiger partial charge < -0.3 is 4.57 Å². The van der Waals surface area contributed by atoms with E-state index < -0.39 is 0 Å². The van der Waals surface area contributed by atoms with Crippen LogP contribution >= 0.6 is 0 Å². The van der Waals surface area contributed by atoms with Crippen LogP contribution in [0.1, 0.15) is 55.8 Å². The molecule has 1 aliphatic heterocycles. The van der Waals surface area contributed by atoms with Crippen LogP contribution in [0.3, 0.4) is 0 Å². The Morgan fingerprint density at radius 1 is 1.11 bits per heavy atom. The first-order valence-corrected chi connectivity index (χ1v) is 10.0. The minimum Gasteiger partial charge on any atom is -0.313 e. The van der Waals surface area contributed by atoms with E-state index in [1.165, 1.54) is 0 Å². The Labute approximate surface area is 164 Å². The quantitative estimate of drug-likeness (QED) is 0.615. The van der Waals surface area contributed by atoms with Crippen LogP contribution in [0.2, 0.25) is 0 Å². The van der Waals surface area contributed by atoms with Crippen LogP contribution in [0, 0.1) is 0 Å². The summed E-state index contributed by atoms with van der Waals surface area (Å²) in [4.78, 5) is 15.4. The highest BCUT2D eigenvalue weighted by Gasteiger charge is 2.26. The van der Waals surface area contributed by atoms with Gasteiger partial charge in [-0.2, -0.15) is 5.10 Å². The second-order valence-electron chi connectivity index (χ2n) is 7.18. The second-order valence-corrected chi connectivity index (χ2v) is 7.18. The van der Waals surface area contributed by atoms with Crippen molar-refractivity contribution in [3.8, 4) is 0 Å². The lowest BCUT2D eigenvalue weighted by Crippen LogP contribution is -2.33. The minimum absolute atomic E-state index is 0.449. The van der Waals surface area contributed by atoms with E-state index in [1.807, 2.05) is 12.3 Å². The summed E-state index contributed by atoms with van der Waals surface area (Å²) in [5.74, 6) is 3.42. The zero-order valence-electron chi connectivity index (χ0n) is 16.6. The number of aryl methyl sites for hydroxylation is 1. The summed E-state index contributed by atoms with van der Waals surface area (Å²) >= 11 is 0. The molecule has 0 spiro atoms. The highest BCUT2D eigenvalue weighted by atomic mass is 15.4. The molecule has 0 amide bonds. The van der Waals surface area contributed by atoms with Crippen molar-refractivity contribution in [2.45, 2.75) is 58.7 Å². The molecule has 3 aromatic heterocycles. The van der Waals surface area contributed by atoms with Gasteiger partial charge in [-0.15, -0.1) is 10.2 Å². The Kier molecular flexibility index (Phi) is 5.70. The van der Waals surface area contributed by atoms with Crippen molar-refractivity contribution in [2.75, 3.05) is 13.1 Å². The zero-order valence-corrected chi connectivity index (χ0v) is 16.6. The van der Waals surface area contributed by atoms with Gasteiger partial charge in [-0.05, 0) is 38.9 Å². The van der Waals surface area contributed by atoms with Gasteiger partial charge in [0.2, 0.25) is 0 Å². The average Bonchev–Trinajstić information content (AvgIpc) is 3.39. The highest BCUT2D eigenvalue weighted by Crippen LogP contribution is 2.28. The molecule has 0 aromatic carbocycles. The van der Waals surface area contributed by atoms with Gasteiger partial charge in [0.15, 0.2) is 5.82 Å². The number of aromatic nitrogens is 8. The molecule has 4 heterocycles. The van der Waals surface area contributed by atoms with E-state index in [9.17, 15) is 0 Å². The van der Waals surface area contributed by atoms with Crippen LogP contribution in [0.5, 0.6) is 0 Å².